The summed E-state index contributed by atoms with van der Waals surface area (Å²) in [4.78, 5) is 30.1. The van der Waals surface area contributed by atoms with Crippen LogP contribution in [0.4, 0.5) is 11.4 Å². The van der Waals surface area contributed by atoms with E-state index in [1.54, 1.807) is 0 Å². The number of carbonyl (C=O) groups excluding carboxylic acids is 2. The first-order chi connectivity index (χ1) is 11.7. The summed E-state index contributed by atoms with van der Waals surface area (Å²) in [7, 11) is 0. The van der Waals surface area contributed by atoms with E-state index in [-0.39, 0.29) is 17.9 Å². The van der Waals surface area contributed by atoms with Crippen molar-refractivity contribution in [3.63, 3.8) is 0 Å². The number of piperidine rings is 1. The predicted octanol–water partition coefficient (Wildman–Crippen LogP) is 1.23. The van der Waals surface area contributed by atoms with E-state index in [0.717, 1.165) is 26.2 Å². The number of hydrogen-bond donors (Lipinski definition) is 1. The number of nitrogens with zero attached hydrogens (tertiary/aromatic N) is 2. The van der Waals surface area contributed by atoms with Crippen LogP contribution >= 0.6 is 0 Å². The Morgan fingerprint density at radius 3 is 2.12 bits per heavy atom. The number of likely N-dealkylation sites (N-methyl/N-ethyl adjacent to an activating group) is 1. The highest BCUT2D eigenvalue weighted by Crippen LogP contribution is 2.26. The van der Waals surface area contributed by atoms with Gasteiger partial charge in [0.15, 0.2) is 6.04 Å². The second kappa shape index (κ2) is 7.34. The molecule has 2 saturated heterocycles. The molecule has 2 heterocycles. The lowest BCUT2D eigenvalue weighted by molar-refractivity contribution is -0.911. The molecule has 1 aromatic rings. The van der Waals surface area contributed by atoms with Crippen LogP contribution in [0.3, 0.4) is 0 Å². The third-order valence-corrected chi connectivity index (χ3v) is 5.38. The first kappa shape index (κ1) is 17.0. The van der Waals surface area contributed by atoms with Gasteiger partial charge < -0.3 is 9.80 Å². The predicted molar refractivity (Wildman–Crippen MR) is 95.4 cm³/mol. The van der Waals surface area contributed by atoms with Crippen molar-refractivity contribution >= 4 is 23.2 Å². The van der Waals surface area contributed by atoms with E-state index in [0.29, 0.717) is 12.1 Å². The van der Waals surface area contributed by atoms with Crippen molar-refractivity contribution in [2.75, 3.05) is 36.0 Å². The fourth-order valence-electron chi connectivity index (χ4n) is 3.93. The van der Waals surface area contributed by atoms with Gasteiger partial charge in [0.2, 0.25) is 5.91 Å². The van der Waals surface area contributed by atoms with Crippen LogP contribution in [0.1, 0.15) is 39.5 Å². The second-order valence-corrected chi connectivity index (χ2v) is 6.75. The zero-order valence-corrected chi connectivity index (χ0v) is 14.8. The van der Waals surface area contributed by atoms with E-state index in [1.165, 1.54) is 34.7 Å². The molecular formula is C19H28N3O2+. The molecule has 5 nitrogen and oxygen atoms in total. The van der Waals surface area contributed by atoms with Gasteiger partial charge in [-0.1, -0.05) is 0 Å². The fraction of sp³-hybridized carbons (Fsp3) is 0.579. The Morgan fingerprint density at radius 1 is 0.958 bits per heavy atom. The molecule has 0 unspecified atom stereocenters. The quantitative estimate of drug-likeness (QED) is 0.826. The average Bonchev–Trinajstić information content (AvgIpc) is 2.92. The highest BCUT2D eigenvalue weighted by atomic mass is 16.2. The standard InChI is InChI=1S/C19H27N3O2/c1-3-20(4-2)17-14-18(23)22(19(17)24)16-10-8-15(9-11-16)21-12-6-5-7-13-21/h8-11,17H,3-7,12-14H2,1-2H3/p+1/t17-/m1/s1. The number of quaternary nitrogens is 1. The normalized spacial score (nSPS) is 21.9. The molecule has 2 aliphatic heterocycles. The fourth-order valence-corrected chi connectivity index (χ4v) is 3.93. The Balaban J connectivity index is 1.76. The molecule has 0 spiro atoms. The molecule has 0 aromatic heterocycles. The van der Waals surface area contributed by atoms with Crippen molar-refractivity contribution in [2.24, 2.45) is 0 Å². The Labute approximate surface area is 144 Å². The molecule has 3 rings (SSSR count). The molecule has 0 bridgehead atoms. The lowest BCUT2D eigenvalue weighted by Gasteiger charge is -2.29. The van der Waals surface area contributed by atoms with Crippen LogP contribution in [0, 0.1) is 0 Å². The Bertz CT molecular complexity index is 589. The number of benzene rings is 1. The van der Waals surface area contributed by atoms with Gasteiger partial charge >= 0.3 is 0 Å². The number of carbonyl (C=O) groups is 2. The van der Waals surface area contributed by atoms with Crippen molar-refractivity contribution < 1.29 is 14.5 Å². The third-order valence-electron chi connectivity index (χ3n) is 5.38. The molecule has 2 amide bonds. The summed E-state index contributed by atoms with van der Waals surface area (Å²) in [5.74, 6) is -0.125. The van der Waals surface area contributed by atoms with E-state index < -0.39 is 0 Å². The summed E-state index contributed by atoms with van der Waals surface area (Å²) in [5, 5.41) is 0. The molecule has 5 heteroatoms. The Morgan fingerprint density at radius 2 is 1.54 bits per heavy atom. The van der Waals surface area contributed by atoms with Gasteiger partial charge in [-0.3, -0.25) is 9.59 Å². The Kier molecular flexibility index (Phi) is 5.19. The van der Waals surface area contributed by atoms with Crippen LogP contribution in [-0.2, 0) is 9.59 Å². The van der Waals surface area contributed by atoms with Gasteiger partial charge in [0, 0.05) is 18.8 Å². The van der Waals surface area contributed by atoms with Crippen molar-refractivity contribution in [1.29, 1.82) is 0 Å². The molecule has 1 atom stereocenters. The molecule has 2 aliphatic rings. The van der Waals surface area contributed by atoms with Gasteiger partial charge in [0.25, 0.3) is 5.91 Å². The molecule has 1 N–H and O–H groups in total. The molecule has 0 radical (unpaired) electrons. The minimum absolute atomic E-state index is 0.0515. The van der Waals surface area contributed by atoms with Crippen LogP contribution in [0.5, 0.6) is 0 Å². The number of amides is 2. The minimum Gasteiger partial charge on any atom is -0.372 e. The summed E-state index contributed by atoms with van der Waals surface area (Å²) in [5.41, 5.74) is 1.89. The number of hydrogen-bond acceptors (Lipinski definition) is 3. The largest absolute Gasteiger partial charge is 0.372 e. The zero-order valence-electron chi connectivity index (χ0n) is 14.8. The maximum Gasteiger partial charge on any atom is 0.292 e. The SMILES string of the molecule is CC[NH+](CC)[C@@H]1CC(=O)N(c2ccc(N3CCCCC3)cc2)C1=O. The van der Waals surface area contributed by atoms with Crippen LogP contribution in [0.2, 0.25) is 0 Å². The van der Waals surface area contributed by atoms with Crippen molar-refractivity contribution in [3.8, 4) is 0 Å². The first-order valence-electron chi connectivity index (χ1n) is 9.22. The van der Waals surface area contributed by atoms with Gasteiger partial charge in [-0.2, -0.15) is 0 Å². The Hall–Kier alpha value is -1.88. The molecule has 1 aromatic carbocycles. The van der Waals surface area contributed by atoms with E-state index in [9.17, 15) is 9.59 Å². The zero-order chi connectivity index (χ0) is 17.1. The van der Waals surface area contributed by atoms with Gasteiger partial charge in [0.1, 0.15) is 0 Å². The van der Waals surface area contributed by atoms with Crippen molar-refractivity contribution in [3.05, 3.63) is 24.3 Å². The van der Waals surface area contributed by atoms with Crippen LogP contribution < -0.4 is 14.7 Å². The number of anilines is 2. The highest BCUT2D eigenvalue weighted by Gasteiger charge is 2.44. The maximum atomic E-state index is 12.7. The first-order valence-corrected chi connectivity index (χ1v) is 9.22. The van der Waals surface area contributed by atoms with Gasteiger partial charge in [-0.05, 0) is 57.4 Å². The van der Waals surface area contributed by atoms with E-state index in [2.05, 4.69) is 18.7 Å². The highest BCUT2D eigenvalue weighted by molar-refractivity contribution is 6.21. The smallest absolute Gasteiger partial charge is 0.292 e. The molecule has 2 fully saturated rings. The van der Waals surface area contributed by atoms with E-state index >= 15 is 0 Å². The maximum absolute atomic E-state index is 12.7. The molecule has 0 aliphatic carbocycles. The van der Waals surface area contributed by atoms with Crippen LogP contribution in [-0.4, -0.2) is 44.0 Å². The number of nitrogens with one attached hydrogen (secondary N) is 1. The van der Waals surface area contributed by atoms with Crippen molar-refractivity contribution in [2.45, 2.75) is 45.6 Å². The minimum atomic E-state index is -0.228. The lowest BCUT2D eigenvalue weighted by atomic mass is 10.1. The van der Waals surface area contributed by atoms with Crippen LogP contribution in [0.15, 0.2) is 24.3 Å². The summed E-state index contributed by atoms with van der Waals surface area (Å²) in [6, 6.07) is 7.69. The van der Waals surface area contributed by atoms with Crippen molar-refractivity contribution in [1.82, 2.24) is 0 Å². The van der Waals surface area contributed by atoms with Gasteiger partial charge in [0.05, 0.1) is 25.2 Å². The molecule has 0 saturated carbocycles. The van der Waals surface area contributed by atoms with E-state index in [4.69, 9.17) is 0 Å². The number of imide groups is 1. The summed E-state index contributed by atoms with van der Waals surface area (Å²) >= 11 is 0. The third kappa shape index (κ3) is 3.18. The summed E-state index contributed by atoms with van der Waals surface area (Å²) in [6.07, 6.45) is 4.10. The monoisotopic (exact) mass is 330 g/mol. The molecule has 24 heavy (non-hydrogen) atoms. The average molecular weight is 330 g/mol. The molecule has 130 valence electrons. The lowest BCUT2D eigenvalue weighted by Crippen LogP contribution is -3.16. The summed E-state index contributed by atoms with van der Waals surface area (Å²) < 4.78 is 0. The second-order valence-electron chi connectivity index (χ2n) is 6.75. The van der Waals surface area contributed by atoms with Gasteiger partial charge in [-0.25, -0.2) is 4.90 Å². The number of rotatable bonds is 5. The summed E-state index contributed by atoms with van der Waals surface area (Å²) in [6.45, 7) is 8.03. The molecular weight excluding hydrogens is 302 g/mol. The topological polar surface area (TPSA) is 45.1 Å². The van der Waals surface area contributed by atoms with Crippen LogP contribution in [0.25, 0.3) is 0 Å². The van der Waals surface area contributed by atoms with Gasteiger partial charge in [-0.15, -0.1) is 0 Å². The van der Waals surface area contributed by atoms with E-state index in [1.807, 2.05) is 24.3 Å².